The Morgan fingerprint density at radius 3 is 3.13 bits per heavy atom. The normalized spacial score (nSPS) is 13.2. The minimum atomic E-state index is -0.909. The van der Waals surface area contributed by atoms with Crippen LogP contribution in [-0.4, -0.2) is 27.0 Å². The van der Waals surface area contributed by atoms with Crippen molar-refractivity contribution >= 4 is 22.3 Å². The van der Waals surface area contributed by atoms with Crippen LogP contribution in [0.2, 0.25) is 0 Å². The number of rotatable bonds is 3. The first-order valence-electron chi connectivity index (χ1n) is 4.50. The Balaban J connectivity index is 2.61. The maximum absolute atomic E-state index is 11.0. The highest BCUT2D eigenvalue weighted by atomic mass is 32.1. The van der Waals surface area contributed by atoms with Crippen molar-refractivity contribution in [1.82, 2.24) is 9.38 Å². The number of nitrogens with two attached hydrogens (primary N) is 1. The topological polar surface area (TPSA) is 80.6 Å². The van der Waals surface area contributed by atoms with Gasteiger partial charge in [-0.05, 0) is 6.92 Å². The summed E-state index contributed by atoms with van der Waals surface area (Å²) in [6.07, 6.45) is 1.82. The molecule has 0 radical (unpaired) electrons. The third-order valence-corrected chi connectivity index (χ3v) is 3.10. The Morgan fingerprint density at radius 1 is 1.80 bits per heavy atom. The molecular weight excluding hydrogens is 214 g/mol. The molecule has 0 saturated carbocycles. The number of carboxylic acid groups (broad SMARTS) is 1. The second-order valence-corrected chi connectivity index (χ2v) is 4.14. The number of imidazole rings is 1. The van der Waals surface area contributed by atoms with E-state index in [0.29, 0.717) is 5.69 Å². The lowest BCUT2D eigenvalue weighted by Crippen LogP contribution is -2.23. The quantitative estimate of drug-likeness (QED) is 0.810. The van der Waals surface area contributed by atoms with Crippen LogP contribution in [0.4, 0.5) is 0 Å². The predicted octanol–water partition coefficient (Wildman–Crippen LogP) is 0.831. The third kappa shape index (κ3) is 1.51. The molecule has 0 aliphatic carbocycles. The van der Waals surface area contributed by atoms with Crippen molar-refractivity contribution in [2.24, 2.45) is 5.73 Å². The lowest BCUT2D eigenvalue weighted by molar-refractivity contribution is -0.138. The molecule has 0 aliphatic heterocycles. The smallest absolute Gasteiger partial charge is 0.313 e. The Labute approximate surface area is 90.2 Å². The van der Waals surface area contributed by atoms with Crippen LogP contribution in [0.25, 0.3) is 4.96 Å². The van der Waals surface area contributed by atoms with Gasteiger partial charge in [0, 0.05) is 18.1 Å². The molecule has 0 amide bonds. The van der Waals surface area contributed by atoms with Crippen LogP contribution in [0.15, 0.2) is 11.6 Å². The molecule has 5 nitrogen and oxygen atoms in total. The molecular formula is C9H11N3O2S. The summed E-state index contributed by atoms with van der Waals surface area (Å²) < 4.78 is 1.80. The fraction of sp³-hybridized carbons (Fsp3) is 0.333. The summed E-state index contributed by atoms with van der Waals surface area (Å²) in [5.74, 6) is -1.59. The van der Waals surface area contributed by atoms with Crippen molar-refractivity contribution in [1.29, 1.82) is 0 Å². The highest BCUT2D eigenvalue weighted by Gasteiger charge is 2.24. The maximum Gasteiger partial charge on any atom is 0.313 e. The van der Waals surface area contributed by atoms with Gasteiger partial charge in [-0.1, -0.05) is 0 Å². The van der Waals surface area contributed by atoms with Crippen LogP contribution >= 0.6 is 11.3 Å². The van der Waals surface area contributed by atoms with Gasteiger partial charge in [-0.25, -0.2) is 4.98 Å². The van der Waals surface area contributed by atoms with Crippen LogP contribution in [0.3, 0.4) is 0 Å². The Morgan fingerprint density at radius 2 is 2.53 bits per heavy atom. The summed E-state index contributed by atoms with van der Waals surface area (Å²) in [7, 11) is 0. The van der Waals surface area contributed by atoms with Crippen LogP contribution in [0.1, 0.15) is 17.3 Å². The van der Waals surface area contributed by atoms with E-state index in [-0.39, 0.29) is 6.54 Å². The molecule has 2 rings (SSSR count). The first kappa shape index (κ1) is 10.1. The van der Waals surface area contributed by atoms with Crippen LogP contribution in [-0.2, 0) is 4.79 Å². The minimum Gasteiger partial charge on any atom is -0.481 e. The first-order valence-corrected chi connectivity index (χ1v) is 5.38. The van der Waals surface area contributed by atoms with Crippen molar-refractivity contribution in [3.63, 3.8) is 0 Å². The van der Waals surface area contributed by atoms with Gasteiger partial charge in [0.1, 0.15) is 5.92 Å². The molecule has 15 heavy (non-hydrogen) atoms. The van der Waals surface area contributed by atoms with Crippen molar-refractivity contribution in [3.8, 4) is 0 Å². The Hall–Kier alpha value is -1.40. The maximum atomic E-state index is 11.0. The van der Waals surface area contributed by atoms with Gasteiger partial charge in [0.2, 0.25) is 0 Å². The van der Waals surface area contributed by atoms with E-state index in [1.807, 2.05) is 11.6 Å². The van der Waals surface area contributed by atoms with E-state index in [1.54, 1.807) is 11.3 Å². The van der Waals surface area contributed by atoms with Crippen molar-refractivity contribution in [3.05, 3.63) is 23.0 Å². The summed E-state index contributed by atoms with van der Waals surface area (Å²) >= 11 is 1.48. The second kappa shape index (κ2) is 3.63. The van der Waals surface area contributed by atoms with E-state index in [9.17, 15) is 4.79 Å². The highest BCUT2D eigenvalue weighted by molar-refractivity contribution is 7.15. The van der Waals surface area contributed by atoms with Gasteiger partial charge in [0.15, 0.2) is 4.96 Å². The van der Waals surface area contributed by atoms with Gasteiger partial charge in [-0.3, -0.25) is 9.20 Å². The van der Waals surface area contributed by atoms with E-state index in [4.69, 9.17) is 10.8 Å². The predicted molar refractivity (Wildman–Crippen MR) is 57.2 cm³/mol. The number of thiazole rings is 1. The molecule has 3 N–H and O–H groups in total. The molecule has 0 bridgehead atoms. The van der Waals surface area contributed by atoms with E-state index in [1.165, 1.54) is 11.3 Å². The number of carboxylic acids is 1. The van der Waals surface area contributed by atoms with Gasteiger partial charge in [0.25, 0.3) is 0 Å². The number of nitrogens with zero attached hydrogens (tertiary/aromatic N) is 2. The Kier molecular flexibility index (Phi) is 2.45. The lowest BCUT2D eigenvalue weighted by atomic mass is 10.0. The van der Waals surface area contributed by atoms with Crippen molar-refractivity contribution in [2.45, 2.75) is 12.8 Å². The van der Waals surface area contributed by atoms with Gasteiger partial charge in [-0.2, -0.15) is 0 Å². The number of aliphatic carboxylic acids is 1. The lowest BCUT2D eigenvalue weighted by Gasteiger charge is -2.09. The Bertz CT molecular complexity index is 502. The number of carbonyl (C=O) groups is 1. The van der Waals surface area contributed by atoms with Gasteiger partial charge in [0.05, 0.1) is 11.4 Å². The molecule has 0 saturated heterocycles. The first-order chi connectivity index (χ1) is 7.15. The average Bonchev–Trinajstić information content (AvgIpc) is 2.69. The number of hydrogen-bond acceptors (Lipinski definition) is 4. The minimum absolute atomic E-state index is 0.0831. The third-order valence-electron chi connectivity index (χ3n) is 2.35. The highest BCUT2D eigenvalue weighted by Crippen LogP contribution is 2.23. The zero-order valence-corrected chi connectivity index (χ0v) is 8.99. The zero-order chi connectivity index (χ0) is 11.0. The van der Waals surface area contributed by atoms with E-state index < -0.39 is 11.9 Å². The van der Waals surface area contributed by atoms with Gasteiger partial charge >= 0.3 is 5.97 Å². The SMILES string of the molecule is Cc1nc2sccn2c1C(CN)C(=O)O. The summed E-state index contributed by atoms with van der Waals surface area (Å²) in [5.41, 5.74) is 6.89. The second-order valence-electron chi connectivity index (χ2n) is 3.26. The molecule has 0 aliphatic rings. The standard InChI is InChI=1S/C9H11N3O2S/c1-5-7(6(4-10)8(13)14)12-2-3-15-9(12)11-5/h2-3,6H,4,10H2,1H3,(H,13,14). The number of aryl methyl sites for hydroxylation is 1. The van der Waals surface area contributed by atoms with E-state index in [0.717, 1.165) is 10.7 Å². The molecule has 2 aromatic heterocycles. The molecule has 80 valence electrons. The monoisotopic (exact) mass is 225 g/mol. The molecule has 0 fully saturated rings. The van der Waals surface area contributed by atoms with Crippen molar-refractivity contribution in [2.75, 3.05) is 6.54 Å². The molecule has 0 spiro atoms. The molecule has 2 heterocycles. The van der Waals surface area contributed by atoms with E-state index in [2.05, 4.69) is 4.98 Å². The largest absolute Gasteiger partial charge is 0.481 e. The summed E-state index contributed by atoms with van der Waals surface area (Å²) in [5, 5.41) is 10.9. The summed E-state index contributed by atoms with van der Waals surface area (Å²) in [6.45, 7) is 1.89. The van der Waals surface area contributed by atoms with Crippen molar-refractivity contribution < 1.29 is 9.90 Å². The van der Waals surface area contributed by atoms with Crippen LogP contribution in [0.5, 0.6) is 0 Å². The van der Waals surface area contributed by atoms with Gasteiger partial charge < -0.3 is 10.8 Å². The number of hydrogen-bond donors (Lipinski definition) is 2. The summed E-state index contributed by atoms with van der Waals surface area (Å²) in [6, 6.07) is 0. The average molecular weight is 225 g/mol. The fourth-order valence-corrected chi connectivity index (χ4v) is 2.43. The number of fused-ring (bicyclic) bond motifs is 1. The van der Waals surface area contributed by atoms with E-state index >= 15 is 0 Å². The molecule has 0 aromatic carbocycles. The molecule has 1 unspecified atom stereocenters. The molecule has 1 atom stereocenters. The molecule has 6 heteroatoms. The number of aromatic nitrogens is 2. The zero-order valence-electron chi connectivity index (χ0n) is 8.17. The fourth-order valence-electron chi connectivity index (χ4n) is 1.66. The summed E-state index contributed by atoms with van der Waals surface area (Å²) in [4.78, 5) is 16.1. The van der Waals surface area contributed by atoms with Crippen LogP contribution < -0.4 is 5.73 Å². The van der Waals surface area contributed by atoms with Gasteiger partial charge in [-0.15, -0.1) is 11.3 Å². The van der Waals surface area contributed by atoms with Crippen LogP contribution in [0, 0.1) is 6.92 Å². The molecule has 2 aromatic rings.